The number of para-hydroxylation sites is 1. The number of hydrogen-bond donors (Lipinski definition) is 2. The molecule has 10 heteroatoms. The van der Waals surface area contributed by atoms with Crippen LogP contribution < -0.4 is 5.32 Å². The summed E-state index contributed by atoms with van der Waals surface area (Å²) < 4.78 is 33.1. The van der Waals surface area contributed by atoms with Crippen molar-refractivity contribution in [1.29, 1.82) is 0 Å². The first-order valence-electron chi connectivity index (χ1n) is 10.6. The molecule has 1 aliphatic heterocycles. The number of hydrogen-bond acceptors (Lipinski definition) is 7. The summed E-state index contributed by atoms with van der Waals surface area (Å²) in [5, 5.41) is 13.8. The average molecular weight is 496 g/mol. The molecule has 2 N–H and O–H groups in total. The van der Waals surface area contributed by atoms with Gasteiger partial charge in [-0.05, 0) is 54.6 Å². The summed E-state index contributed by atoms with van der Waals surface area (Å²) in [5.74, 6) is -0.328. The minimum atomic E-state index is -3.63. The van der Waals surface area contributed by atoms with Crippen molar-refractivity contribution in [1.82, 2.24) is 9.29 Å². The van der Waals surface area contributed by atoms with Gasteiger partial charge in [0.25, 0.3) is 5.91 Å². The number of phenols is 1. The lowest BCUT2D eigenvalue weighted by Crippen LogP contribution is -2.40. The molecular weight excluding hydrogens is 474 g/mol. The van der Waals surface area contributed by atoms with Crippen molar-refractivity contribution in [2.75, 3.05) is 31.6 Å². The summed E-state index contributed by atoms with van der Waals surface area (Å²) >= 11 is 1.45. The third-order valence-electron chi connectivity index (χ3n) is 5.50. The molecular formula is C24H21N3O5S2. The summed E-state index contributed by atoms with van der Waals surface area (Å²) in [6.45, 7) is 1.35. The number of phenolic OH excluding ortho intramolecular Hbond substituents is 1. The molecule has 1 aliphatic rings. The first kappa shape index (κ1) is 22.5. The van der Waals surface area contributed by atoms with Crippen molar-refractivity contribution in [3.05, 3.63) is 72.3 Å². The van der Waals surface area contributed by atoms with Crippen molar-refractivity contribution < 1.29 is 23.1 Å². The predicted molar refractivity (Wildman–Crippen MR) is 131 cm³/mol. The van der Waals surface area contributed by atoms with Crippen molar-refractivity contribution in [3.8, 4) is 16.3 Å². The van der Waals surface area contributed by atoms with Gasteiger partial charge >= 0.3 is 0 Å². The van der Waals surface area contributed by atoms with Gasteiger partial charge in [0.15, 0.2) is 0 Å². The number of thiazole rings is 1. The molecule has 0 aliphatic carbocycles. The molecule has 8 nitrogen and oxygen atoms in total. The maximum absolute atomic E-state index is 12.8. The molecule has 4 aromatic rings. The summed E-state index contributed by atoms with van der Waals surface area (Å²) in [6, 6.07) is 18.3. The molecule has 174 valence electrons. The molecule has 1 saturated heterocycles. The Labute approximate surface area is 200 Å². The number of aromatic hydroxyl groups is 1. The summed E-state index contributed by atoms with van der Waals surface area (Å²) in [4.78, 5) is 17.5. The lowest BCUT2D eigenvalue weighted by Gasteiger charge is -2.26. The van der Waals surface area contributed by atoms with E-state index >= 15 is 0 Å². The highest BCUT2D eigenvalue weighted by Gasteiger charge is 2.26. The monoisotopic (exact) mass is 495 g/mol. The summed E-state index contributed by atoms with van der Waals surface area (Å²) in [7, 11) is -3.63. The third-order valence-corrected chi connectivity index (χ3v) is 8.49. The van der Waals surface area contributed by atoms with Crippen LogP contribution in [0.1, 0.15) is 10.4 Å². The van der Waals surface area contributed by atoms with Gasteiger partial charge in [0.2, 0.25) is 10.0 Å². The third kappa shape index (κ3) is 4.40. The van der Waals surface area contributed by atoms with Gasteiger partial charge in [0.05, 0.1) is 33.9 Å². The van der Waals surface area contributed by atoms with E-state index in [9.17, 15) is 18.3 Å². The number of carbonyl (C=O) groups excluding carboxylic acids is 1. The second-order valence-corrected chi connectivity index (χ2v) is 10.7. The van der Waals surface area contributed by atoms with Crippen molar-refractivity contribution in [2.24, 2.45) is 0 Å². The molecule has 0 spiro atoms. The largest absolute Gasteiger partial charge is 0.507 e. The number of carbonyl (C=O) groups is 1. The number of nitrogens with zero attached hydrogens (tertiary/aromatic N) is 2. The highest BCUT2D eigenvalue weighted by atomic mass is 32.2. The van der Waals surface area contributed by atoms with Crippen LogP contribution in [0.5, 0.6) is 5.75 Å². The molecule has 34 heavy (non-hydrogen) atoms. The van der Waals surface area contributed by atoms with E-state index in [0.717, 1.165) is 10.2 Å². The standard InChI is InChI=1S/C24H21N3O5S2/c28-21-10-7-17(15-19(21)24-26-20-3-1-2-4-22(20)33-24)25-23(29)16-5-8-18(9-6-16)34(30,31)27-11-13-32-14-12-27/h1-10,15,28H,11-14H2,(H,25,29). The predicted octanol–water partition coefficient (Wildman–Crippen LogP) is 3.94. The lowest BCUT2D eigenvalue weighted by molar-refractivity contribution is 0.0730. The van der Waals surface area contributed by atoms with Gasteiger partial charge in [-0.25, -0.2) is 13.4 Å². The van der Waals surface area contributed by atoms with Crippen LogP contribution in [-0.4, -0.2) is 55.0 Å². The molecule has 1 aromatic heterocycles. The zero-order chi connectivity index (χ0) is 23.7. The Kier molecular flexibility index (Phi) is 6.05. The Morgan fingerprint density at radius 3 is 2.50 bits per heavy atom. The summed E-state index contributed by atoms with van der Waals surface area (Å²) in [6.07, 6.45) is 0. The molecule has 1 fully saturated rings. The van der Waals surface area contributed by atoms with Crippen LogP contribution in [0.4, 0.5) is 5.69 Å². The second kappa shape index (κ2) is 9.15. The average Bonchev–Trinajstić information content (AvgIpc) is 3.30. The van der Waals surface area contributed by atoms with Crippen LogP contribution in [0, 0.1) is 0 Å². The Morgan fingerprint density at radius 2 is 1.76 bits per heavy atom. The van der Waals surface area contributed by atoms with Gasteiger partial charge in [-0.15, -0.1) is 11.3 Å². The highest BCUT2D eigenvalue weighted by Crippen LogP contribution is 2.36. The van der Waals surface area contributed by atoms with Gasteiger partial charge in [-0.2, -0.15) is 4.31 Å². The number of aromatic nitrogens is 1. The van der Waals surface area contributed by atoms with Gasteiger partial charge in [0.1, 0.15) is 10.8 Å². The van der Waals surface area contributed by atoms with E-state index in [-0.39, 0.29) is 10.6 Å². The molecule has 0 bridgehead atoms. The fourth-order valence-corrected chi connectivity index (χ4v) is 6.09. The van der Waals surface area contributed by atoms with Crippen LogP contribution >= 0.6 is 11.3 Å². The number of sulfonamides is 1. The first-order valence-corrected chi connectivity index (χ1v) is 12.9. The summed E-state index contributed by atoms with van der Waals surface area (Å²) in [5.41, 5.74) is 2.16. The molecule has 0 atom stereocenters. The Morgan fingerprint density at radius 1 is 1.03 bits per heavy atom. The number of nitrogens with one attached hydrogen (secondary N) is 1. The zero-order valence-corrected chi connectivity index (χ0v) is 19.6. The number of rotatable bonds is 5. The Balaban J connectivity index is 1.35. The number of amides is 1. The topological polar surface area (TPSA) is 109 Å². The molecule has 0 saturated carbocycles. The quantitative estimate of drug-likeness (QED) is 0.406. The Hall–Kier alpha value is -3.31. The van der Waals surface area contributed by atoms with Crippen molar-refractivity contribution in [3.63, 3.8) is 0 Å². The van der Waals surface area contributed by atoms with Crippen LogP contribution in [0.15, 0.2) is 71.6 Å². The van der Waals surface area contributed by atoms with E-state index in [2.05, 4.69) is 10.3 Å². The van der Waals surface area contributed by atoms with Gasteiger partial charge in [-0.3, -0.25) is 4.79 Å². The van der Waals surface area contributed by atoms with Crippen molar-refractivity contribution in [2.45, 2.75) is 4.90 Å². The molecule has 2 heterocycles. The van der Waals surface area contributed by atoms with E-state index < -0.39 is 15.9 Å². The number of benzene rings is 3. The van der Waals surface area contributed by atoms with E-state index in [1.165, 1.54) is 46.0 Å². The highest BCUT2D eigenvalue weighted by molar-refractivity contribution is 7.89. The van der Waals surface area contributed by atoms with E-state index in [4.69, 9.17) is 4.74 Å². The Bertz CT molecular complexity index is 1430. The second-order valence-electron chi connectivity index (χ2n) is 7.71. The number of morpholine rings is 1. The van der Waals surface area contributed by atoms with Crippen LogP contribution in [-0.2, 0) is 14.8 Å². The van der Waals surface area contributed by atoms with Crippen LogP contribution in [0.25, 0.3) is 20.8 Å². The van der Waals surface area contributed by atoms with Gasteiger partial charge in [-0.1, -0.05) is 12.1 Å². The molecule has 3 aromatic carbocycles. The van der Waals surface area contributed by atoms with Gasteiger partial charge in [0, 0.05) is 24.3 Å². The molecule has 0 unspecified atom stereocenters. The van der Waals surface area contributed by atoms with Crippen molar-refractivity contribution >= 4 is 43.2 Å². The van der Waals surface area contributed by atoms with E-state index in [1.807, 2.05) is 24.3 Å². The van der Waals surface area contributed by atoms with Crippen LogP contribution in [0.3, 0.4) is 0 Å². The first-order chi connectivity index (χ1) is 16.4. The van der Waals surface area contributed by atoms with Gasteiger partial charge < -0.3 is 15.2 Å². The fourth-order valence-electron chi connectivity index (χ4n) is 3.69. The SMILES string of the molecule is O=C(Nc1ccc(O)c(-c2nc3ccccc3s2)c1)c1ccc(S(=O)(=O)N2CCOCC2)cc1. The molecule has 0 radical (unpaired) electrons. The van der Waals surface area contributed by atoms with E-state index in [0.29, 0.717) is 48.1 Å². The van der Waals surface area contributed by atoms with Crippen LogP contribution in [0.2, 0.25) is 0 Å². The fraction of sp³-hybridized carbons (Fsp3) is 0.167. The normalized spacial score (nSPS) is 14.8. The minimum Gasteiger partial charge on any atom is -0.507 e. The smallest absolute Gasteiger partial charge is 0.255 e. The molecule has 1 amide bonds. The minimum absolute atomic E-state index is 0.0646. The lowest BCUT2D eigenvalue weighted by atomic mass is 10.1. The number of anilines is 1. The molecule has 5 rings (SSSR count). The van der Waals surface area contributed by atoms with E-state index in [1.54, 1.807) is 12.1 Å². The maximum atomic E-state index is 12.8. The number of fused-ring (bicyclic) bond motifs is 1. The zero-order valence-electron chi connectivity index (χ0n) is 18.0. The number of ether oxygens (including phenoxy) is 1. The maximum Gasteiger partial charge on any atom is 0.255 e.